The number of likely N-dealkylation sites (tertiary alicyclic amines) is 1. The zero-order valence-electron chi connectivity index (χ0n) is 12.1. The molecule has 1 aliphatic rings. The molecule has 114 valence electrons. The molecule has 0 radical (unpaired) electrons. The van der Waals surface area contributed by atoms with Gasteiger partial charge in [0.25, 0.3) is 0 Å². The first-order valence-electron chi connectivity index (χ1n) is 7.30. The number of nitrogens with one attached hydrogen (secondary N) is 1. The highest BCUT2D eigenvalue weighted by Gasteiger charge is 2.25. The molecule has 1 N–H and O–H groups in total. The number of carbonyl (C=O) groups excluding carboxylic acids is 1. The summed E-state index contributed by atoms with van der Waals surface area (Å²) in [4.78, 5) is 22.5. The maximum atomic E-state index is 12.4. The lowest BCUT2D eigenvalue weighted by Crippen LogP contribution is -2.41. The van der Waals surface area contributed by atoms with E-state index >= 15 is 0 Å². The Morgan fingerprint density at radius 1 is 1.32 bits per heavy atom. The lowest BCUT2D eigenvalue weighted by Gasteiger charge is -2.32. The molecule has 2 amide bonds. The Morgan fingerprint density at radius 2 is 2.18 bits per heavy atom. The van der Waals surface area contributed by atoms with Gasteiger partial charge in [0.1, 0.15) is 6.33 Å². The van der Waals surface area contributed by atoms with Gasteiger partial charge in [0.05, 0.1) is 10.7 Å². The topological polar surface area (TPSA) is 58.1 Å². The number of urea groups is 1. The van der Waals surface area contributed by atoms with Crippen LogP contribution in [0, 0.1) is 0 Å². The third-order valence-electron chi connectivity index (χ3n) is 3.85. The summed E-state index contributed by atoms with van der Waals surface area (Å²) in [5, 5.41) is 3.42. The van der Waals surface area contributed by atoms with E-state index in [9.17, 15) is 4.79 Å². The summed E-state index contributed by atoms with van der Waals surface area (Å²) in [7, 11) is 0. The third kappa shape index (κ3) is 3.36. The predicted octanol–water partition coefficient (Wildman–Crippen LogP) is 3.54. The Morgan fingerprint density at radius 3 is 2.95 bits per heavy atom. The van der Waals surface area contributed by atoms with Gasteiger partial charge in [-0.15, -0.1) is 0 Å². The van der Waals surface area contributed by atoms with Crippen molar-refractivity contribution < 1.29 is 4.79 Å². The predicted molar refractivity (Wildman–Crippen MR) is 86.1 cm³/mol. The average Bonchev–Trinajstić information content (AvgIpc) is 2.58. The highest BCUT2D eigenvalue weighted by atomic mass is 35.5. The summed E-state index contributed by atoms with van der Waals surface area (Å²) in [6, 6.07) is 9.04. The van der Waals surface area contributed by atoms with Gasteiger partial charge in [-0.3, -0.25) is 0 Å². The van der Waals surface area contributed by atoms with Crippen LogP contribution in [0.4, 0.5) is 10.5 Å². The highest BCUT2D eigenvalue weighted by Crippen LogP contribution is 2.26. The molecule has 1 aromatic carbocycles. The molecule has 5 nitrogen and oxygen atoms in total. The molecular formula is C16H17ClN4O. The standard InChI is InChI=1S/C16H17ClN4O/c17-13-5-1-2-6-15(13)20-16(22)21-9-3-4-12(10-21)14-7-8-18-11-19-14/h1-2,5-8,11-12H,3-4,9-10H2,(H,20,22). The second-order valence-corrected chi connectivity index (χ2v) is 5.74. The molecule has 1 saturated heterocycles. The Labute approximate surface area is 134 Å². The fourth-order valence-corrected chi connectivity index (χ4v) is 2.89. The molecule has 1 aromatic heterocycles. The quantitative estimate of drug-likeness (QED) is 0.922. The maximum absolute atomic E-state index is 12.4. The number of aromatic nitrogens is 2. The van der Waals surface area contributed by atoms with Crippen LogP contribution in [0.25, 0.3) is 0 Å². The number of halogens is 1. The van der Waals surface area contributed by atoms with Gasteiger partial charge in [-0.2, -0.15) is 0 Å². The number of anilines is 1. The first-order valence-corrected chi connectivity index (χ1v) is 7.68. The molecule has 1 unspecified atom stereocenters. The Bertz CT molecular complexity index is 650. The zero-order chi connectivity index (χ0) is 15.4. The number of benzene rings is 1. The molecule has 0 aliphatic carbocycles. The summed E-state index contributed by atoms with van der Waals surface area (Å²) in [6.45, 7) is 1.41. The minimum atomic E-state index is -0.119. The van der Waals surface area contributed by atoms with E-state index in [0.717, 1.165) is 25.1 Å². The van der Waals surface area contributed by atoms with Crippen molar-refractivity contribution in [2.45, 2.75) is 18.8 Å². The lowest BCUT2D eigenvalue weighted by molar-refractivity contribution is 0.192. The molecule has 0 spiro atoms. The first kappa shape index (κ1) is 14.8. The van der Waals surface area contributed by atoms with Gasteiger partial charge >= 0.3 is 6.03 Å². The van der Waals surface area contributed by atoms with Gasteiger partial charge in [0, 0.05) is 30.9 Å². The van der Waals surface area contributed by atoms with Crippen LogP contribution in [0.2, 0.25) is 5.02 Å². The van der Waals surface area contributed by atoms with Crippen molar-refractivity contribution in [1.29, 1.82) is 0 Å². The van der Waals surface area contributed by atoms with Gasteiger partial charge in [-0.05, 0) is 31.0 Å². The van der Waals surface area contributed by atoms with E-state index in [-0.39, 0.29) is 11.9 Å². The fourth-order valence-electron chi connectivity index (χ4n) is 2.70. The minimum absolute atomic E-state index is 0.119. The van der Waals surface area contributed by atoms with Crippen molar-refractivity contribution in [3.8, 4) is 0 Å². The van der Waals surface area contributed by atoms with Gasteiger partial charge < -0.3 is 10.2 Å². The number of para-hydroxylation sites is 1. The summed E-state index contributed by atoms with van der Waals surface area (Å²) < 4.78 is 0. The van der Waals surface area contributed by atoms with E-state index in [4.69, 9.17) is 11.6 Å². The van der Waals surface area contributed by atoms with E-state index in [0.29, 0.717) is 17.3 Å². The first-order chi connectivity index (χ1) is 10.7. The number of piperidine rings is 1. The van der Waals surface area contributed by atoms with Crippen LogP contribution in [0.3, 0.4) is 0 Å². The molecule has 22 heavy (non-hydrogen) atoms. The molecule has 2 heterocycles. The summed E-state index contributed by atoms with van der Waals surface area (Å²) in [5.41, 5.74) is 1.63. The fraction of sp³-hybridized carbons (Fsp3) is 0.312. The Hall–Kier alpha value is -2.14. The molecule has 0 saturated carbocycles. The Balaban J connectivity index is 1.67. The molecule has 6 heteroatoms. The van der Waals surface area contributed by atoms with E-state index < -0.39 is 0 Å². The molecule has 1 aliphatic heterocycles. The minimum Gasteiger partial charge on any atom is -0.324 e. The molecule has 2 aromatic rings. The van der Waals surface area contributed by atoms with Crippen LogP contribution in [0.5, 0.6) is 0 Å². The van der Waals surface area contributed by atoms with Gasteiger partial charge in [-0.1, -0.05) is 23.7 Å². The number of carbonyl (C=O) groups is 1. The van der Waals surface area contributed by atoms with Crippen molar-refractivity contribution in [3.63, 3.8) is 0 Å². The van der Waals surface area contributed by atoms with Crippen LogP contribution in [-0.4, -0.2) is 34.0 Å². The van der Waals surface area contributed by atoms with Crippen LogP contribution in [0.1, 0.15) is 24.5 Å². The normalized spacial score (nSPS) is 18.0. The average molecular weight is 317 g/mol. The van der Waals surface area contributed by atoms with E-state index in [1.54, 1.807) is 24.7 Å². The summed E-state index contributed by atoms with van der Waals surface area (Å²) >= 11 is 6.08. The van der Waals surface area contributed by atoms with Crippen molar-refractivity contribution in [2.24, 2.45) is 0 Å². The largest absolute Gasteiger partial charge is 0.324 e. The van der Waals surface area contributed by atoms with Gasteiger partial charge in [0.15, 0.2) is 0 Å². The van der Waals surface area contributed by atoms with E-state index in [1.165, 1.54) is 0 Å². The number of amides is 2. The van der Waals surface area contributed by atoms with Crippen LogP contribution < -0.4 is 5.32 Å². The number of nitrogens with zero attached hydrogens (tertiary/aromatic N) is 3. The second-order valence-electron chi connectivity index (χ2n) is 5.33. The number of hydrogen-bond donors (Lipinski definition) is 1. The second kappa shape index (κ2) is 6.75. The molecular weight excluding hydrogens is 300 g/mol. The molecule has 3 rings (SSSR count). The molecule has 1 fully saturated rings. The van der Waals surface area contributed by atoms with E-state index in [2.05, 4.69) is 15.3 Å². The summed E-state index contributed by atoms with van der Waals surface area (Å²) in [6.07, 6.45) is 5.29. The number of rotatable bonds is 2. The summed E-state index contributed by atoms with van der Waals surface area (Å²) in [5.74, 6) is 0.258. The molecule has 0 bridgehead atoms. The Kier molecular flexibility index (Phi) is 4.53. The van der Waals surface area contributed by atoms with Crippen LogP contribution in [-0.2, 0) is 0 Å². The number of hydrogen-bond acceptors (Lipinski definition) is 3. The van der Waals surface area contributed by atoms with Crippen molar-refractivity contribution >= 4 is 23.3 Å². The lowest BCUT2D eigenvalue weighted by atomic mass is 9.95. The maximum Gasteiger partial charge on any atom is 0.321 e. The van der Waals surface area contributed by atoms with Crippen molar-refractivity contribution in [3.05, 3.63) is 53.6 Å². The van der Waals surface area contributed by atoms with Gasteiger partial charge in [-0.25, -0.2) is 14.8 Å². The monoisotopic (exact) mass is 316 g/mol. The van der Waals surface area contributed by atoms with E-state index in [1.807, 2.05) is 23.1 Å². The zero-order valence-corrected chi connectivity index (χ0v) is 12.8. The molecule has 1 atom stereocenters. The van der Waals surface area contributed by atoms with Gasteiger partial charge in [0.2, 0.25) is 0 Å². The van der Waals surface area contributed by atoms with Crippen LogP contribution in [0.15, 0.2) is 42.9 Å². The van der Waals surface area contributed by atoms with Crippen molar-refractivity contribution in [1.82, 2.24) is 14.9 Å². The van der Waals surface area contributed by atoms with Crippen molar-refractivity contribution in [2.75, 3.05) is 18.4 Å². The SMILES string of the molecule is O=C(Nc1ccccc1Cl)N1CCCC(c2ccncn2)C1. The van der Waals surface area contributed by atoms with Crippen LogP contribution >= 0.6 is 11.6 Å². The highest BCUT2D eigenvalue weighted by molar-refractivity contribution is 6.33. The smallest absolute Gasteiger partial charge is 0.321 e. The third-order valence-corrected chi connectivity index (χ3v) is 4.18.